The van der Waals surface area contributed by atoms with E-state index in [1.54, 1.807) is 0 Å². The fourth-order valence-electron chi connectivity index (χ4n) is 3.63. The molecule has 0 rings (SSSR count). The summed E-state index contributed by atoms with van der Waals surface area (Å²) in [4.78, 5) is 22.1. The van der Waals surface area contributed by atoms with Gasteiger partial charge in [-0.2, -0.15) is 0 Å². The van der Waals surface area contributed by atoms with Crippen LogP contribution in [0.3, 0.4) is 0 Å². The molecule has 0 aliphatic carbocycles. The molecule has 29 heavy (non-hydrogen) atoms. The maximum atomic E-state index is 11.7. The highest BCUT2D eigenvalue weighted by atomic mass is 16.5. The average molecular weight is 413 g/mol. The van der Waals surface area contributed by atoms with Gasteiger partial charge in [-0.1, -0.05) is 110 Å². The Morgan fingerprint density at radius 1 is 0.552 bits per heavy atom. The number of carbonyl (C=O) groups is 2. The van der Waals surface area contributed by atoms with Crippen LogP contribution < -0.4 is 0 Å². The Morgan fingerprint density at radius 2 is 0.931 bits per heavy atom. The lowest BCUT2D eigenvalue weighted by molar-refractivity contribution is -0.144. The molecule has 1 N–H and O–H groups in total. The maximum absolute atomic E-state index is 11.7. The molecule has 0 heterocycles. The van der Waals surface area contributed by atoms with Gasteiger partial charge in [0.15, 0.2) is 0 Å². The standard InChI is InChI=1S/C25H48O4/c1-2-3-4-5-6-13-16-19-22-25(28)29-23-20-17-14-11-9-7-8-10-12-15-18-21-24(26)27/h2-23H2,1H3,(H,26,27). The van der Waals surface area contributed by atoms with Crippen LogP contribution in [0.1, 0.15) is 142 Å². The highest BCUT2D eigenvalue weighted by Crippen LogP contribution is 2.13. The topological polar surface area (TPSA) is 63.6 Å². The predicted octanol–water partition coefficient (Wildman–Crippen LogP) is 7.83. The summed E-state index contributed by atoms with van der Waals surface area (Å²) in [7, 11) is 0. The van der Waals surface area contributed by atoms with Crippen molar-refractivity contribution in [2.45, 2.75) is 142 Å². The fourth-order valence-corrected chi connectivity index (χ4v) is 3.63. The van der Waals surface area contributed by atoms with Crippen LogP contribution in [0.5, 0.6) is 0 Å². The van der Waals surface area contributed by atoms with E-state index in [0.29, 0.717) is 19.4 Å². The Labute approximate surface area is 180 Å². The number of ether oxygens (including phenoxy) is 1. The molecular weight excluding hydrogens is 364 g/mol. The number of rotatable bonds is 23. The van der Waals surface area contributed by atoms with E-state index in [1.165, 1.54) is 77.0 Å². The zero-order chi connectivity index (χ0) is 21.4. The summed E-state index contributed by atoms with van der Waals surface area (Å²) in [5.41, 5.74) is 0. The molecule has 172 valence electrons. The Hall–Kier alpha value is -1.06. The van der Waals surface area contributed by atoms with E-state index in [1.807, 2.05) is 0 Å². The third-order valence-corrected chi connectivity index (χ3v) is 5.53. The number of carboxylic acids is 1. The summed E-state index contributed by atoms with van der Waals surface area (Å²) in [5, 5.41) is 8.57. The number of hydrogen-bond donors (Lipinski definition) is 1. The first kappa shape index (κ1) is 27.9. The largest absolute Gasteiger partial charge is 0.481 e. The van der Waals surface area contributed by atoms with Gasteiger partial charge in [-0.05, 0) is 19.3 Å². The molecule has 0 unspecified atom stereocenters. The summed E-state index contributed by atoms with van der Waals surface area (Å²) >= 11 is 0. The third-order valence-electron chi connectivity index (χ3n) is 5.53. The van der Waals surface area contributed by atoms with Gasteiger partial charge in [0.2, 0.25) is 0 Å². The second kappa shape index (κ2) is 23.2. The number of carboxylic acid groups (broad SMARTS) is 1. The first-order valence-corrected chi connectivity index (χ1v) is 12.5. The summed E-state index contributed by atoms with van der Waals surface area (Å²) in [6, 6.07) is 0. The van der Waals surface area contributed by atoms with Crippen molar-refractivity contribution in [3.05, 3.63) is 0 Å². The lowest BCUT2D eigenvalue weighted by atomic mass is 10.1. The van der Waals surface area contributed by atoms with E-state index < -0.39 is 5.97 Å². The molecule has 0 aliphatic heterocycles. The summed E-state index contributed by atoms with van der Waals surface area (Å²) in [6.07, 6.45) is 23.7. The second-order valence-electron chi connectivity index (χ2n) is 8.48. The molecule has 0 spiro atoms. The average Bonchev–Trinajstić information content (AvgIpc) is 2.70. The minimum atomic E-state index is -0.678. The number of carbonyl (C=O) groups excluding carboxylic acids is 1. The van der Waals surface area contributed by atoms with Crippen LogP contribution in [-0.4, -0.2) is 23.7 Å². The number of esters is 1. The van der Waals surface area contributed by atoms with E-state index in [-0.39, 0.29) is 5.97 Å². The Bertz CT molecular complexity index is 368. The monoisotopic (exact) mass is 412 g/mol. The smallest absolute Gasteiger partial charge is 0.305 e. The van der Waals surface area contributed by atoms with E-state index in [0.717, 1.165) is 44.9 Å². The maximum Gasteiger partial charge on any atom is 0.305 e. The van der Waals surface area contributed by atoms with E-state index in [9.17, 15) is 9.59 Å². The van der Waals surface area contributed by atoms with E-state index >= 15 is 0 Å². The van der Waals surface area contributed by atoms with Gasteiger partial charge in [0.1, 0.15) is 0 Å². The molecule has 0 amide bonds. The van der Waals surface area contributed by atoms with Gasteiger partial charge >= 0.3 is 11.9 Å². The quantitative estimate of drug-likeness (QED) is 0.137. The zero-order valence-electron chi connectivity index (χ0n) is 19.2. The van der Waals surface area contributed by atoms with Gasteiger partial charge in [-0.3, -0.25) is 9.59 Å². The van der Waals surface area contributed by atoms with Crippen molar-refractivity contribution in [3.8, 4) is 0 Å². The molecule has 0 aromatic heterocycles. The van der Waals surface area contributed by atoms with Crippen molar-refractivity contribution in [2.24, 2.45) is 0 Å². The normalized spacial score (nSPS) is 10.9. The molecular formula is C25H48O4. The molecule has 0 atom stereocenters. The molecule has 0 radical (unpaired) electrons. The van der Waals surface area contributed by atoms with Crippen molar-refractivity contribution in [1.29, 1.82) is 0 Å². The zero-order valence-corrected chi connectivity index (χ0v) is 19.2. The van der Waals surface area contributed by atoms with Gasteiger partial charge in [0.05, 0.1) is 6.61 Å². The summed E-state index contributed by atoms with van der Waals surface area (Å²) in [5.74, 6) is -0.692. The lowest BCUT2D eigenvalue weighted by Gasteiger charge is -2.05. The van der Waals surface area contributed by atoms with Crippen molar-refractivity contribution in [2.75, 3.05) is 6.61 Å². The highest BCUT2D eigenvalue weighted by Gasteiger charge is 2.02. The van der Waals surface area contributed by atoms with Crippen LogP contribution in [0.4, 0.5) is 0 Å². The number of unbranched alkanes of at least 4 members (excludes halogenated alkanes) is 17. The lowest BCUT2D eigenvalue weighted by Crippen LogP contribution is -2.05. The SMILES string of the molecule is CCCCCCCCCCC(=O)OCCCCCCCCCCCCCC(=O)O. The van der Waals surface area contributed by atoms with Crippen LogP contribution in [-0.2, 0) is 14.3 Å². The van der Waals surface area contributed by atoms with Gasteiger partial charge in [0.25, 0.3) is 0 Å². The van der Waals surface area contributed by atoms with Crippen molar-refractivity contribution < 1.29 is 19.4 Å². The summed E-state index contributed by atoms with van der Waals surface area (Å²) < 4.78 is 5.33. The van der Waals surface area contributed by atoms with Crippen LogP contribution in [0, 0.1) is 0 Å². The minimum absolute atomic E-state index is 0.0145. The van der Waals surface area contributed by atoms with Gasteiger partial charge in [-0.15, -0.1) is 0 Å². The fraction of sp³-hybridized carbons (Fsp3) is 0.920. The van der Waals surface area contributed by atoms with Gasteiger partial charge in [0, 0.05) is 12.8 Å². The first-order chi connectivity index (χ1) is 14.2. The molecule has 0 aromatic rings. The highest BCUT2D eigenvalue weighted by molar-refractivity contribution is 5.69. The molecule has 0 saturated heterocycles. The predicted molar refractivity (Wildman–Crippen MR) is 121 cm³/mol. The number of aliphatic carboxylic acids is 1. The molecule has 0 aromatic carbocycles. The number of hydrogen-bond acceptors (Lipinski definition) is 3. The van der Waals surface area contributed by atoms with Crippen LogP contribution in [0.25, 0.3) is 0 Å². The molecule has 4 nitrogen and oxygen atoms in total. The Kier molecular flexibility index (Phi) is 22.4. The Balaban J connectivity index is 3.15. The molecule has 0 aliphatic rings. The second-order valence-corrected chi connectivity index (χ2v) is 8.48. The third kappa shape index (κ3) is 24.9. The molecule has 0 fully saturated rings. The Morgan fingerprint density at radius 3 is 1.38 bits per heavy atom. The van der Waals surface area contributed by atoms with Gasteiger partial charge in [-0.25, -0.2) is 0 Å². The van der Waals surface area contributed by atoms with E-state index in [2.05, 4.69) is 6.92 Å². The van der Waals surface area contributed by atoms with Crippen molar-refractivity contribution in [3.63, 3.8) is 0 Å². The van der Waals surface area contributed by atoms with Crippen molar-refractivity contribution >= 4 is 11.9 Å². The van der Waals surface area contributed by atoms with Crippen LogP contribution >= 0.6 is 0 Å². The van der Waals surface area contributed by atoms with Crippen LogP contribution in [0.2, 0.25) is 0 Å². The molecule has 0 saturated carbocycles. The first-order valence-electron chi connectivity index (χ1n) is 12.5. The van der Waals surface area contributed by atoms with Crippen molar-refractivity contribution in [1.82, 2.24) is 0 Å². The van der Waals surface area contributed by atoms with Crippen LogP contribution in [0.15, 0.2) is 0 Å². The van der Waals surface area contributed by atoms with E-state index in [4.69, 9.17) is 9.84 Å². The van der Waals surface area contributed by atoms with Gasteiger partial charge < -0.3 is 9.84 Å². The molecule has 0 bridgehead atoms. The molecule has 4 heteroatoms. The summed E-state index contributed by atoms with van der Waals surface area (Å²) in [6.45, 7) is 2.83. The minimum Gasteiger partial charge on any atom is -0.481 e.